The number of benzene rings is 1. The Morgan fingerprint density at radius 3 is 2.22 bits per heavy atom. The molecule has 0 fully saturated rings. The maximum Gasteiger partial charge on any atom is 0.471 e. The third kappa shape index (κ3) is 2.96. The van der Waals surface area contributed by atoms with Crippen LogP contribution in [0.2, 0.25) is 0 Å². The molecular weight excluding hydrogens is 258 g/mol. The summed E-state index contributed by atoms with van der Waals surface area (Å²) in [4.78, 5) is 21.2. The number of hydrogen-bond acceptors (Lipinski definition) is 2. The lowest BCUT2D eigenvalue weighted by molar-refractivity contribution is -0.167. The van der Waals surface area contributed by atoms with Crippen LogP contribution in [-0.2, 0) is 4.79 Å². The second kappa shape index (κ2) is 4.63. The van der Waals surface area contributed by atoms with Gasteiger partial charge in [0.2, 0.25) is 0 Å². The maximum absolute atomic E-state index is 13.3. The fraction of sp³-hybridized carbons (Fsp3) is 0.200. The zero-order chi connectivity index (χ0) is 14.1. The summed E-state index contributed by atoms with van der Waals surface area (Å²) in [7, 11) is 0. The van der Waals surface area contributed by atoms with Gasteiger partial charge < -0.3 is 10.4 Å². The third-order valence-corrected chi connectivity index (χ3v) is 2.02. The highest BCUT2D eigenvalue weighted by atomic mass is 19.4. The molecule has 0 aromatic heterocycles. The van der Waals surface area contributed by atoms with Gasteiger partial charge in [0.25, 0.3) is 0 Å². The van der Waals surface area contributed by atoms with Crippen molar-refractivity contribution in [1.82, 2.24) is 0 Å². The average molecular weight is 265 g/mol. The standard InChI is InChI=1S/C10H7F4NO3/c1-4-2-5(15-9(18)10(12,13)14)3-6(11)7(4)8(16)17/h2-3H,1H3,(H,15,18)(H,16,17). The molecule has 18 heavy (non-hydrogen) atoms. The Hall–Kier alpha value is -2.12. The normalized spacial score (nSPS) is 11.2. The number of halogens is 4. The molecule has 2 N–H and O–H groups in total. The van der Waals surface area contributed by atoms with Gasteiger partial charge >= 0.3 is 18.1 Å². The van der Waals surface area contributed by atoms with E-state index in [4.69, 9.17) is 5.11 Å². The molecule has 0 radical (unpaired) electrons. The van der Waals surface area contributed by atoms with Crippen molar-refractivity contribution < 1.29 is 32.3 Å². The number of aromatic carboxylic acids is 1. The highest BCUT2D eigenvalue weighted by Gasteiger charge is 2.38. The Balaban J connectivity index is 3.08. The Labute approximate surface area is 98.2 Å². The summed E-state index contributed by atoms with van der Waals surface area (Å²) < 4.78 is 49.1. The van der Waals surface area contributed by atoms with Gasteiger partial charge in [0, 0.05) is 5.69 Å². The lowest BCUT2D eigenvalue weighted by Crippen LogP contribution is -2.30. The van der Waals surface area contributed by atoms with E-state index in [9.17, 15) is 27.2 Å². The molecule has 1 aromatic rings. The van der Waals surface area contributed by atoms with Crippen LogP contribution in [0.25, 0.3) is 0 Å². The predicted octanol–water partition coefficient (Wildman–Crippen LogP) is 2.33. The van der Waals surface area contributed by atoms with Gasteiger partial charge in [-0.25, -0.2) is 9.18 Å². The first-order valence-corrected chi connectivity index (χ1v) is 4.54. The second-order valence-corrected chi connectivity index (χ2v) is 3.41. The molecule has 0 saturated heterocycles. The maximum atomic E-state index is 13.3. The first-order chi connectivity index (χ1) is 8.12. The molecule has 1 rings (SSSR count). The van der Waals surface area contributed by atoms with E-state index in [1.807, 2.05) is 0 Å². The van der Waals surface area contributed by atoms with Gasteiger partial charge in [0.15, 0.2) is 0 Å². The topological polar surface area (TPSA) is 66.4 Å². The summed E-state index contributed by atoms with van der Waals surface area (Å²) in [6.07, 6.45) is -5.10. The first-order valence-electron chi connectivity index (χ1n) is 4.54. The molecule has 0 aliphatic carbocycles. The van der Waals surface area contributed by atoms with Gasteiger partial charge in [-0.3, -0.25) is 4.79 Å². The fourth-order valence-electron chi connectivity index (χ4n) is 1.29. The van der Waals surface area contributed by atoms with Gasteiger partial charge in [0.1, 0.15) is 5.82 Å². The summed E-state index contributed by atoms with van der Waals surface area (Å²) in [5.41, 5.74) is -1.21. The third-order valence-electron chi connectivity index (χ3n) is 2.02. The molecule has 8 heteroatoms. The van der Waals surface area contributed by atoms with E-state index < -0.39 is 35.1 Å². The molecule has 1 aromatic carbocycles. The molecule has 1 amide bonds. The van der Waals surface area contributed by atoms with Crippen LogP contribution in [0.4, 0.5) is 23.2 Å². The zero-order valence-corrected chi connectivity index (χ0v) is 8.93. The number of alkyl halides is 3. The highest BCUT2D eigenvalue weighted by Crippen LogP contribution is 2.22. The summed E-state index contributed by atoms with van der Waals surface area (Å²) in [5.74, 6) is -5.02. The predicted molar refractivity (Wildman–Crippen MR) is 52.8 cm³/mol. The Morgan fingerprint density at radius 2 is 1.83 bits per heavy atom. The molecule has 0 spiro atoms. The first kappa shape index (κ1) is 13.9. The monoisotopic (exact) mass is 265 g/mol. The molecular formula is C10H7F4NO3. The number of aryl methyl sites for hydroxylation is 1. The molecule has 98 valence electrons. The van der Waals surface area contributed by atoms with Crippen molar-refractivity contribution in [2.75, 3.05) is 5.32 Å². The summed E-state index contributed by atoms with van der Waals surface area (Å²) in [5, 5.41) is 10.1. The van der Waals surface area contributed by atoms with E-state index in [-0.39, 0.29) is 5.56 Å². The van der Waals surface area contributed by atoms with Crippen LogP contribution in [0.3, 0.4) is 0 Å². The van der Waals surface area contributed by atoms with E-state index in [1.54, 1.807) is 0 Å². The van der Waals surface area contributed by atoms with Crippen LogP contribution in [-0.4, -0.2) is 23.2 Å². The van der Waals surface area contributed by atoms with Crippen LogP contribution in [0.15, 0.2) is 12.1 Å². The molecule has 0 unspecified atom stereocenters. The number of rotatable bonds is 2. The summed E-state index contributed by atoms with van der Waals surface area (Å²) in [6.45, 7) is 1.20. The number of carbonyl (C=O) groups excluding carboxylic acids is 1. The minimum absolute atomic E-state index is 0.0972. The van der Waals surface area contributed by atoms with Crippen LogP contribution in [0, 0.1) is 12.7 Å². The lowest BCUT2D eigenvalue weighted by atomic mass is 10.1. The van der Waals surface area contributed by atoms with Crippen molar-refractivity contribution in [3.63, 3.8) is 0 Å². The van der Waals surface area contributed by atoms with E-state index in [1.165, 1.54) is 12.2 Å². The van der Waals surface area contributed by atoms with Crippen LogP contribution >= 0.6 is 0 Å². The van der Waals surface area contributed by atoms with E-state index in [0.29, 0.717) is 6.07 Å². The van der Waals surface area contributed by atoms with Crippen molar-refractivity contribution in [3.05, 3.63) is 29.1 Å². The number of hydrogen-bond donors (Lipinski definition) is 2. The SMILES string of the molecule is Cc1cc(NC(=O)C(F)(F)F)cc(F)c1C(=O)O. The Kier molecular flexibility index (Phi) is 3.59. The molecule has 0 bridgehead atoms. The Morgan fingerprint density at radius 1 is 1.28 bits per heavy atom. The van der Waals surface area contributed by atoms with Gasteiger partial charge in [0.05, 0.1) is 5.56 Å². The van der Waals surface area contributed by atoms with Gasteiger partial charge in [-0.05, 0) is 24.6 Å². The average Bonchev–Trinajstić information content (AvgIpc) is 2.13. The molecule has 0 aliphatic heterocycles. The van der Waals surface area contributed by atoms with Crippen molar-refractivity contribution >= 4 is 17.6 Å². The lowest BCUT2D eigenvalue weighted by Gasteiger charge is -2.10. The number of carbonyl (C=O) groups is 2. The van der Waals surface area contributed by atoms with Gasteiger partial charge in [-0.15, -0.1) is 0 Å². The largest absolute Gasteiger partial charge is 0.478 e. The van der Waals surface area contributed by atoms with E-state index in [0.717, 1.165) is 6.07 Å². The van der Waals surface area contributed by atoms with Gasteiger partial charge in [-0.2, -0.15) is 13.2 Å². The number of amides is 1. The smallest absolute Gasteiger partial charge is 0.471 e. The zero-order valence-electron chi connectivity index (χ0n) is 8.93. The molecule has 0 heterocycles. The summed E-state index contributed by atoms with van der Waals surface area (Å²) >= 11 is 0. The second-order valence-electron chi connectivity index (χ2n) is 3.41. The van der Waals surface area contributed by atoms with Crippen molar-refractivity contribution in [1.29, 1.82) is 0 Å². The van der Waals surface area contributed by atoms with Crippen molar-refractivity contribution in [2.24, 2.45) is 0 Å². The number of carboxylic acids is 1. The highest BCUT2D eigenvalue weighted by molar-refractivity contribution is 5.96. The molecule has 0 aliphatic rings. The van der Waals surface area contributed by atoms with Gasteiger partial charge in [-0.1, -0.05) is 0 Å². The van der Waals surface area contributed by atoms with E-state index >= 15 is 0 Å². The van der Waals surface area contributed by atoms with Crippen LogP contribution < -0.4 is 5.32 Å². The van der Waals surface area contributed by atoms with Crippen LogP contribution in [0.1, 0.15) is 15.9 Å². The number of nitrogens with one attached hydrogen (secondary N) is 1. The summed E-state index contributed by atoms with van der Waals surface area (Å²) in [6, 6.07) is 1.45. The quantitative estimate of drug-likeness (QED) is 0.806. The molecule has 0 saturated carbocycles. The van der Waals surface area contributed by atoms with Crippen LogP contribution in [0.5, 0.6) is 0 Å². The fourth-order valence-corrected chi connectivity index (χ4v) is 1.29. The molecule has 4 nitrogen and oxygen atoms in total. The Bertz CT molecular complexity index is 487. The number of carboxylic acid groups (broad SMARTS) is 1. The minimum Gasteiger partial charge on any atom is -0.478 e. The number of anilines is 1. The molecule has 0 atom stereocenters. The van der Waals surface area contributed by atoms with Crippen molar-refractivity contribution in [3.8, 4) is 0 Å². The van der Waals surface area contributed by atoms with E-state index in [2.05, 4.69) is 0 Å². The van der Waals surface area contributed by atoms with Crippen molar-refractivity contribution in [2.45, 2.75) is 13.1 Å². The minimum atomic E-state index is -5.10.